The van der Waals surface area contributed by atoms with Crippen LogP contribution >= 0.6 is 12.4 Å². The molecule has 0 aromatic heterocycles. The van der Waals surface area contributed by atoms with Crippen molar-refractivity contribution in [2.45, 2.75) is 46.1 Å². The van der Waals surface area contributed by atoms with Crippen molar-refractivity contribution in [3.05, 3.63) is 37.3 Å². The van der Waals surface area contributed by atoms with Gasteiger partial charge in [0.05, 0.1) is 5.60 Å². The quantitative estimate of drug-likeness (QED) is 0.572. The Morgan fingerprint density at radius 3 is 2.12 bits per heavy atom. The van der Waals surface area contributed by atoms with E-state index in [1.165, 1.54) is 6.42 Å². The first kappa shape index (κ1) is 22.3. The zero-order chi connectivity index (χ0) is 11.7. The van der Waals surface area contributed by atoms with Crippen LogP contribution < -0.4 is 4.74 Å². The second-order valence-corrected chi connectivity index (χ2v) is 4.29. The molecule has 0 aliphatic heterocycles. The van der Waals surface area contributed by atoms with Gasteiger partial charge in [-0.1, -0.05) is 13.3 Å². The molecular formula is C14H23ClMgO. The number of unbranched alkanes of at least 4 members (excludes halogenated alkanes) is 1. The van der Waals surface area contributed by atoms with Crippen molar-refractivity contribution in [1.82, 2.24) is 0 Å². The van der Waals surface area contributed by atoms with Crippen molar-refractivity contribution in [2.24, 2.45) is 0 Å². The third kappa shape index (κ3) is 16.1. The third-order valence-electron chi connectivity index (χ3n) is 1.45. The summed E-state index contributed by atoms with van der Waals surface area (Å²) in [4.78, 5) is 0. The second kappa shape index (κ2) is 12.5. The smallest absolute Gasteiger partial charge is 0.514 e. The molecule has 3 heteroatoms. The van der Waals surface area contributed by atoms with E-state index in [1.807, 2.05) is 45.0 Å². The first-order valence-electron chi connectivity index (χ1n) is 5.44. The predicted molar refractivity (Wildman–Crippen MR) is 78.9 cm³/mol. The Kier molecular flexibility index (Phi) is 16.4. The number of para-hydroxylation sites is 1. The normalized spacial score (nSPS) is 9.00. The summed E-state index contributed by atoms with van der Waals surface area (Å²) in [6, 6.07) is 10.6. The molecule has 0 N–H and O–H groups in total. The number of halogens is 1. The molecule has 0 fully saturated rings. The van der Waals surface area contributed by atoms with Crippen LogP contribution in [-0.2, 0) is 0 Å². The molecule has 0 radical (unpaired) electrons. The molecular weight excluding hydrogens is 244 g/mol. The van der Waals surface area contributed by atoms with Gasteiger partial charge in [0.1, 0.15) is 0 Å². The maximum absolute atomic E-state index is 5.55. The van der Waals surface area contributed by atoms with E-state index in [2.05, 4.69) is 19.9 Å². The van der Waals surface area contributed by atoms with Gasteiger partial charge in [-0.05, 0) is 20.8 Å². The van der Waals surface area contributed by atoms with Crippen LogP contribution in [0.4, 0.5) is 0 Å². The molecule has 0 amide bonds. The number of ether oxygens (including phenoxy) is 1. The predicted octanol–water partition coefficient (Wildman–Crippen LogP) is 4.33. The fourth-order valence-corrected chi connectivity index (χ4v) is 0.770. The molecule has 0 unspecified atom stereocenters. The minimum Gasteiger partial charge on any atom is -0.514 e. The van der Waals surface area contributed by atoms with E-state index >= 15 is 0 Å². The van der Waals surface area contributed by atoms with Crippen LogP contribution in [0.2, 0.25) is 0 Å². The Morgan fingerprint density at radius 2 is 1.82 bits per heavy atom. The monoisotopic (exact) mass is 266 g/mol. The molecule has 0 aliphatic rings. The molecule has 1 aromatic rings. The van der Waals surface area contributed by atoms with Crippen molar-refractivity contribution in [1.29, 1.82) is 0 Å². The zero-order valence-electron chi connectivity index (χ0n) is 11.5. The summed E-state index contributed by atoms with van der Waals surface area (Å²) >= 11 is 0. The molecule has 0 saturated carbocycles. The molecule has 1 rings (SSSR count). The molecule has 0 atom stereocenters. The van der Waals surface area contributed by atoms with Crippen LogP contribution in [0.25, 0.3) is 0 Å². The Hall–Kier alpha value is 0.0762. The number of hydrogen-bond donors (Lipinski definition) is 0. The van der Waals surface area contributed by atoms with E-state index in [0.29, 0.717) is 0 Å². The molecule has 94 valence electrons. The Labute approximate surface area is 129 Å². The molecule has 0 bridgehead atoms. The van der Waals surface area contributed by atoms with Gasteiger partial charge in [-0.25, -0.2) is 0 Å². The summed E-state index contributed by atoms with van der Waals surface area (Å²) < 4.78 is 5.55. The molecule has 1 nitrogen and oxygen atoms in total. The molecule has 17 heavy (non-hydrogen) atoms. The molecule has 1 aromatic carbocycles. The Balaban J connectivity index is -0.000000289. The number of hydrogen-bond acceptors (Lipinski definition) is 1. The number of rotatable bonds is 2. The Morgan fingerprint density at radius 1 is 1.29 bits per heavy atom. The standard InChI is InChI=1S/C10H13O.C4H9.ClH.Mg/c1-10(2,3)11-9-7-5-4-6-8-9;1-3-4-2;;/h4-7H,1-3H3;1,3-4H2,2H3;1H;/q2*-1;;+2. The van der Waals surface area contributed by atoms with Crippen LogP contribution in [0.3, 0.4) is 0 Å². The summed E-state index contributed by atoms with van der Waals surface area (Å²) in [6.45, 7) is 11.8. The zero-order valence-corrected chi connectivity index (χ0v) is 13.7. The van der Waals surface area contributed by atoms with Crippen molar-refractivity contribution >= 4 is 35.5 Å². The van der Waals surface area contributed by atoms with Crippen molar-refractivity contribution in [2.75, 3.05) is 0 Å². The molecule has 0 aliphatic carbocycles. The van der Waals surface area contributed by atoms with E-state index in [4.69, 9.17) is 4.74 Å². The maximum Gasteiger partial charge on any atom is 2.00 e. The van der Waals surface area contributed by atoms with Crippen molar-refractivity contribution in [3.63, 3.8) is 0 Å². The van der Waals surface area contributed by atoms with Gasteiger partial charge in [0.2, 0.25) is 0 Å². The van der Waals surface area contributed by atoms with E-state index in [0.717, 1.165) is 12.2 Å². The van der Waals surface area contributed by atoms with Crippen LogP contribution in [0, 0.1) is 13.0 Å². The van der Waals surface area contributed by atoms with Crippen LogP contribution in [0.1, 0.15) is 40.5 Å². The van der Waals surface area contributed by atoms with E-state index in [9.17, 15) is 0 Å². The van der Waals surface area contributed by atoms with Gasteiger partial charge in [0.15, 0.2) is 0 Å². The average Bonchev–Trinajstić information content (AvgIpc) is 2.17. The maximum atomic E-state index is 5.55. The summed E-state index contributed by atoms with van der Waals surface area (Å²) in [7, 11) is 0. The molecule has 0 spiro atoms. The minimum absolute atomic E-state index is 0. The first-order chi connectivity index (χ1) is 6.99. The summed E-state index contributed by atoms with van der Waals surface area (Å²) in [5.41, 5.74) is -0.127. The van der Waals surface area contributed by atoms with Gasteiger partial charge < -0.3 is 11.7 Å². The molecule has 0 heterocycles. The van der Waals surface area contributed by atoms with Gasteiger partial charge >= 0.3 is 23.1 Å². The van der Waals surface area contributed by atoms with Gasteiger partial charge in [0, 0.05) is 5.75 Å². The third-order valence-corrected chi connectivity index (χ3v) is 1.45. The second-order valence-electron chi connectivity index (χ2n) is 4.29. The van der Waals surface area contributed by atoms with Gasteiger partial charge in [-0.3, -0.25) is 0 Å². The topological polar surface area (TPSA) is 9.23 Å². The van der Waals surface area contributed by atoms with E-state index in [-0.39, 0.29) is 41.1 Å². The van der Waals surface area contributed by atoms with Crippen molar-refractivity contribution in [3.8, 4) is 5.75 Å². The summed E-state index contributed by atoms with van der Waals surface area (Å²) in [5, 5.41) is 0. The Bertz CT molecular complexity index is 242. The largest absolute Gasteiger partial charge is 2.00 e. The molecule has 0 saturated heterocycles. The van der Waals surface area contributed by atoms with Gasteiger partial charge in [-0.15, -0.1) is 24.5 Å². The fraction of sp³-hybridized carbons (Fsp3) is 0.500. The fourth-order valence-electron chi connectivity index (χ4n) is 0.770. The summed E-state index contributed by atoms with van der Waals surface area (Å²) in [5.74, 6) is 0.806. The summed E-state index contributed by atoms with van der Waals surface area (Å²) in [6.07, 6.45) is 2.28. The SMILES string of the molecule is CC(C)(C)Oc1[c-]cccc1.Cl.[CH2-]CCC.[Mg+2]. The van der Waals surface area contributed by atoms with Crippen LogP contribution in [0.5, 0.6) is 5.75 Å². The van der Waals surface area contributed by atoms with E-state index < -0.39 is 0 Å². The minimum atomic E-state index is -0.127. The van der Waals surface area contributed by atoms with E-state index in [1.54, 1.807) is 0 Å². The van der Waals surface area contributed by atoms with Crippen LogP contribution in [-0.4, -0.2) is 28.7 Å². The number of benzene rings is 1. The van der Waals surface area contributed by atoms with Crippen molar-refractivity contribution < 1.29 is 4.74 Å². The van der Waals surface area contributed by atoms with Crippen LogP contribution in [0.15, 0.2) is 24.3 Å². The average molecular weight is 267 g/mol. The first-order valence-corrected chi connectivity index (χ1v) is 5.44. The van der Waals surface area contributed by atoms with Gasteiger partial charge in [0.25, 0.3) is 0 Å². The van der Waals surface area contributed by atoms with Gasteiger partial charge in [-0.2, -0.15) is 24.6 Å².